The molecule has 33 heavy (non-hydrogen) atoms. The van der Waals surface area contributed by atoms with E-state index in [9.17, 15) is 18.7 Å². The summed E-state index contributed by atoms with van der Waals surface area (Å²) in [6, 6.07) is 5.20. The van der Waals surface area contributed by atoms with Crippen molar-refractivity contribution in [3.05, 3.63) is 35.0 Å². The normalized spacial score (nSPS) is 31.6. The number of morpholine rings is 1. The molecule has 1 spiro atoms. The van der Waals surface area contributed by atoms with Crippen molar-refractivity contribution in [1.82, 2.24) is 15.3 Å². The lowest BCUT2D eigenvalue weighted by atomic mass is 9.90. The lowest BCUT2D eigenvalue weighted by Gasteiger charge is -2.43. The van der Waals surface area contributed by atoms with Gasteiger partial charge in [0.15, 0.2) is 0 Å². The van der Waals surface area contributed by atoms with Gasteiger partial charge in [-0.25, -0.2) is 9.97 Å². The van der Waals surface area contributed by atoms with Crippen LogP contribution in [0.4, 0.5) is 14.7 Å². The summed E-state index contributed by atoms with van der Waals surface area (Å²) < 4.78 is 40.9. The number of nitrogens with zero attached hydrogens (tertiary/aromatic N) is 3. The van der Waals surface area contributed by atoms with Crippen LogP contribution < -0.4 is 15.0 Å². The number of aliphatic hydroxyl groups is 1. The maximum absolute atomic E-state index is 14.7. The number of carbonyl (C=O) groups excluding carboxylic acids is 1. The van der Waals surface area contributed by atoms with Crippen molar-refractivity contribution < 1.29 is 28.2 Å². The Morgan fingerprint density at radius 3 is 2.79 bits per heavy atom. The Morgan fingerprint density at radius 1 is 1.24 bits per heavy atom. The number of alkyl halides is 2. The van der Waals surface area contributed by atoms with Crippen LogP contribution in [0.1, 0.15) is 37.1 Å². The molecule has 1 unspecified atom stereocenters. The number of fused-ring (bicyclic) bond motifs is 3. The van der Waals surface area contributed by atoms with Crippen molar-refractivity contribution >= 4 is 11.9 Å². The average Bonchev–Trinajstić information content (AvgIpc) is 3.30. The van der Waals surface area contributed by atoms with Crippen molar-refractivity contribution in [1.29, 1.82) is 0 Å². The van der Waals surface area contributed by atoms with E-state index in [-0.39, 0.29) is 43.0 Å². The maximum Gasteiger partial charge on any atom is 0.290 e. The number of carbonyl (C=O) groups is 1. The predicted octanol–water partition coefficient (Wildman–Crippen LogP) is 1.87. The minimum Gasteiger partial charge on any atom is -0.490 e. The third kappa shape index (κ3) is 2.96. The van der Waals surface area contributed by atoms with Gasteiger partial charge in [-0.1, -0.05) is 12.1 Å². The molecule has 8 nitrogen and oxygen atoms in total. The third-order valence-corrected chi connectivity index (χ3v) is 7.28. The molecule has 10 heteroatoms. The monoisotopic (exact) mass is 458 g/mol. The van der Waals surface area contributed by atoms with E-state index in [0.717, 1.165) is 5.56 Å². The van der Waals surface area contributed by atoms with Gasteiger partial charge >= 0.3 is 0 Å². The van der Waals surface area contributed by atoms with Gasteiger partial charge in [0.05, 0.1) is 24.4 Å². The zero-order valence-electron chi connectivity index (χ0n) is 18.3. The summed E-state index contributed by atoms with van der Waals surface area (Å²) in [5.41, 5.74) is 1.33. The molecule has 3 aliphatic heterocycles. The molecule has 2 aromatic rings. The average molecular weight is 458 g/mol. The maximum atomic E-state index is 14.7. The summed E-state index contributed by atoms with van der Waals surface area (Å²) in [7, 11) is 0. The summed E-state index contributed by atoms with van der Waals surface area (Å²) in [5, 5.41) is 12.9. The van der Waals surface area contributed by atoms with Gasteiger partial charge in [0.2, 0.25) is 11.9 Å². The van der Waals surface area contributed by atoms with Gasteiger partial charge in [0.25, 0.3) is 5.92 Å². The second-order valence-electron chi connectivity index (χ2n) is 9.39. The summed E-state index contributed by atoms with van der Waals surface area (Å²) in [6.07, 6.45) is -1.19. The van der Waals surface area contributed by atoms with E-state index < -0.39 is 23.7 Å². The van der Waals surface area contributed by atoms with E-state index in [1.807, 2.05) is 19.1 Å². The van der Waals surface area contributed by atoms with Crippen LogP contribution in [-0.4, -0.2) is 59.0 Å². The first-order chi connectivity index (χ1) is 15.7. The van der Waals surface area contributed by atoms with E-state index in [4.69, 9.17) is 9.47 Å². The Labute approximate surface area is 188 Å². The largest absolute Gasteiger partial charge is 0.490 e. The molecule has 4 heterocycles. The summed E-state index contributed by atoms with van der Waals surface area (Å²) in [6.45, 7) is 4.34. The second-order valence-corrected chi connectivity index (χ2v) is 9.39. The molecular weight excluding hydrogens is 434 g/mol. The predicted molar refractivity (Wildman–Crippen MR) is 113 cm³/mol. The van der Waals surface area contributed by atoms with Gasteiger partial charge in [-0.2, -0.15) is 8.78 Å². The van der Waals surface area contributed by atoms with E-state index in [0.29, 0.717) is 35.7 Å². The fraction of sp³-hybridized carbons (Fsp3) is 0.522. The SMILES string of the molecule is CC1OC[C@@]2(COc3cc(-c4nc(N5C[C@@H](O)[C@@H]5C)nc5c4CCC5(F)F)ccc32)NC1=O. The quantitative estimate of drug-likeness (QED) is 0.709. The first-order valence-electron chi connectivity index (χ1n) is 11.1. The first kappa shape index (κ1) is 20.7. The minimum atomic E-state index is -3.02. The van der Waals surface area contributed by atoms with Crippen molar-refractivity contribution in [3.8, 4) is 17.0 Å². The Hall–Kier alpha value is -2.85. The van der Waals surface area contributed by atoms with Crippen molar-refractivity contribution in [3.63, 3.8) is 0 Å². The number of nitrogens with one attached hydrogen (secondary N) is 1. The van der Waals surface area contributed by atoms with Crippen LogP contribution in [0.15, 0.2) is 18.2 Å². The number of benzene rings is 1. The zero-order chi connectivity index (χ0) is 23.1. The number of halogens is 2. The Morgan fingerprint density at radius 2 is 2.06 bits per heavy atom. The molecule has 2 saturated heterocycles. The second kappa shape index (κ2) is 6.83. The van der Waals surface area contributed by atoms with Crippen LogP contribution in [0.25, 0.3) is 11.3 Å². The molecule has 2 fully saturated rings. The molecule has 1 aliphatic carbocycles. The molecule has 4 atom stereocenters. The topological polar surface area (TPSA) is 96.8 Å². The molecule has 1 aromatic carbocycles. The molecule has 1 aromatic heterocycles. The van der Waals surface area contributed by atoms with Crippen LogP contribution in [0.3, 0.4) is 0 Å². The number of hydrogen-bond donors (Lipinski definition) is 2. The van der Waals surface area contributed by atoms with E-state index in [1.54, 1.807) is 17.9 Å². The zero-order valence-corrected chi connectivity index (χ0v) is 18.3. The van der Waals surface area contributed by atoms with Crippen molar-refractivity contribution in [2.24, 2.45) is 0 Å². The molecule has 4 aliphatic rings. The van der Waals surface area contributed by atoms with Gasteiger partial charge in [-0.05, 0) is 26.3 Å². The van der Waals surface area contributed by atoms with Crippen LogP contribution in [-0.2, 0) is 27.4 Å². The van der Waals surface area contributed by atoms with Crippen LogP contribution in [0, 0.1) is 0 Å². The first-order valence-corrected chi connectivity index (χ1v) is 11.1. The van der Waals surface area contributed by atoms with Crippen LogP contribution in [0.5, 0.6) is 5.75 Å². The lowest BCUT2D eigenvalue weighted by molar-refractivity contribution is -0.145. The third-order valence-electron chi connectivity index (χ3n) is 7.28. The minimum absolute atomic E-state index is 0.180. The van der Waals surface area contributed by atoms with Gasteiger partial charge in [-0.3, -0.25) is 4.79 Å². The van der Waals surface area contributed by atoms with E-state index >= 15 is 0 Å². The number of β-amino-alcohol motifs (C(OH)–C–C–N with tert-alkyl or cyclic N) is 1. The molecule has 0 bridgehead atoms. The van der Waals surface area contributed by atoms with E-state index in [2.05, 4.69) is 15.3 Å². The number of hydrogen-bond acceptors (Lipinski definition) is 7. The Kier molecular flexibility index (Phi) is 4.29. The molecular formula is C23H24F2N4O4. The van der Waals surface area contributed by atoms with Crippen LogP contribution >= 0.6 is 0 Å². The molecule has 174 valence electrons. The van der Waals surface area contributed by atoms with Crippen molar-refractivity contribution in [2.75, 3.05) is 24.7 Å². The number of amides is 1. The Bertz CT molecular complexity index is 1180. The highest BCUT2D eigenvalue weighted by Crippen LogP contribution is 2.47. The smallest absolute Gasteiger partial charge is 0.290 e. The summed E-state index contributed by atoms with van der Waals surface area (Å²) in [4.78, 5) is 22.8. The lowest BCUT2D eigenvalue weighted by Crippen LogP contribution is -2.59. The number of anilines is 1. The summed E-state index contributed by atoms with van der Waals surface area (Å²) >= 11 is 0. The van der Waals surface area contributed by atoms with Crippen molar-refractivity contribution in [2.45, 2.75) is 56.4 Å². The molecule has 2 N–H and O–H groups in total. The standard InChI is InChI=1S/C23H24F2N4O4/c1-11-16(30)8-29(11)21-26-18(14-5-6-23(24,25)19(14)27-21)13-3-4-15-17(7-13)33-10-22(15)9-32-12(2)20(31)28-22/h3-4,7,11-12,16,30H,5-6,8-10H2,1-2H3,(H,28,31)/t11-,12?,16+,22-/m0/s1. The van der Waals surface area contributed by atoms with E-state index in [1.165, 1.54) is 0 Å². The molecule has 0 radical (unpaired) electrons. The fourth-order valence-corrected chi connectivity index (χ4v) is 5.04. The molecule has 0 saturated carbocycles. The molecule has 1 amide bonds. The number of rotatable bonds is 2. The fourth-order valence-electron chi connectivity index (χ4n) is 5.04. The highest BCUT2D eigenvalue weighted by atomic mass is 19.3. The number of ether oxygens (including phenoxy) is 2. The van der Waals surface area contributed by atoms with Gasteiger partial charge in [0, 0.05) is 29.7 Å². The highest BCUT2D eigenvalue weighted by molar-refractivity contribution is 5.82. The number of aromatic nitrogens is 2. The number of aliphatic hydroxyl groups excluding tert-OH is 1. The Balaban J connectivity index is 1.42. The molecule has 6 rings (SSSR count). The summed E-state index contributed by atoms with van der Waals surface area (Å²) in [5.74, 6) is -2.46. The van der Waals surface area contributed by atoms with Gasteiger partial charge < -0.3 is 24.8 Å². The highest BCUT2D eigenvalue weighted by Gasteiger charge is 2.48. The van der Waals surface area contributed by atoms with Gasteiger partial charge in [-0.15, -0.1) is 0 Å². The van der Waals surface area contributed by atoms with Crippen LogP contribution in [0.2, 0.25) is 0 Å². The van der Waals surface area contributed by atoms with Gasteiger partial charge in [0.1, 0.15) is 29.7 Å².